The molecule has 1 aromatic rings. The molecule has 0 bridgehead atoms. The van der Waals surface area contributed by atoms with E-state index >= 15 is 0 Å². The number of dihydropyridines is 1. The lowest BCUT2D eigenvalue weighted by atomic mass is 9.75. The number of nitrogens with one attached hydrogen (secondary N) is 1. The SMILES string of the molecule is COc1ccc([C@@H]2C(C(=O)OC3CCCCC3)=C(C)NC3=C2C(=O)CCC3)c(OC)c1OC. The Hall–Kier alpha value is -2.96. The van der Waals surface area contributed by atoms with Crippen molar-refractivity contribution >= 4 is 11.8 Å². The van der Waals surface area contributed by atoms with E-state index in [4.69, 9.17) is 18.9 Å². The second-order valence-electron chi connectivity index (χ2n) is 8.85. The van der Waals surface area contributed by atoms with E-state index < -0.39 is 5.92 Å². The molecule has 1 atom stereocenters. The van der Waals surface area contributed by atoms with Crippen LogP contribution in [0.2, 0.25) is 0 Å². The van der Waals surface area contributed by atoms with Crippen LogP contribution in [-0.2, 0) is 14.3 Å². The molecule has 7 nitrogen and oxygen atoms in total. The average Bonchev–Trinajstić information content (AvgIpc) is 2.82. The Bertz CT molecular complexity index is 1000. The van der Waals surface area contributed by atoms with E-state index in [1.165, 1.54) is 6.42 Å². The smallest absolute Gasteiger partial charge is 0.337 e. The molecule has 1 saturated carbocycles. The Morgan fingerprint density at radius 3 is 2.33 bits per heavy atom. The zero-order valence-electron chi connectivity index (χ0n) is 19.9. The topological polar surface area (TPSA) is 83.1 Å². The summed E-state index contributed by atoms with van der Waals surface area (Å²) < 4.78 is 22.8. The fourth-order valence-corrected chi connectivity index (χ4v) is 5.31. The Morgan fingerprint density at radius 1 is 0.939 bits per heavy atom. The van der Waals surface area contributed by atoms with Gasteiger partial charge in [-0.3, -0.25) is 4.79 Å². The molecule has 0 saturated heterocycles. The summed E-state index contributed by atoms with van der Waals surface area (Å²) >= 11 is 0. The number of carbonyl (C=O) groups excluding carboxylic acids is 2. The predicted molar refractivity (Wildman–Crippen MR) is 124 cm³/mol. The van der Waals surface area contributed by atoms with Gasteiger partial charge in [0.25, 0.3) is 0 Å². The predicted octanol–water partition coefficient (Wildman–Crippen LogP) is 4.56. The van der Waals surface area contributed by atoms with Crippen molar-refractivity contribution in [2.45, 2.75) is 70.3 Å². The number of ketones is 1. The van der Waals surface area contributed by atoms with Crippen molar-refractivity contribution in [3.05, 3.63) is 40.2 Å². The lowest BCUT2D eigenvalue weighted by molar-refractivity contribution is -0.146. The molecule has 178 valence electrons. The summed E-state index contributed by atoms with van der Waals surface area (Å²) in [6.45, 7) is 1.88. The first-order valence-corrected chi connectivity index (χ1v) is 11.7. The highest BCUT2D eigenvalue weighted by molar-refractivity contribution is 6.04. The number of carbonyl (C=O) groups is 2. The minimum atomic E-state index is -0.597. The van der Waals surface area contributed by atoms with Crippen molar-refractivity contribution in [1.82, 2.24) is 5.32 Å². The number of hydrogen-bond acceptors (Lipinski definition) is 7. The molecule has 0 aromatic heterocycles. The molecule has 2 aliphatic carbocycles. The van der Waals surface area contributed by atoms with Crippen LogP contribution in [0.4, 0.5) is 0 Å². The normalized spacial score (nSPS) is 21.3. The van der Waals surface area contributed by atoms with Gasteiger partial charge in [-0.05, 0) is 51.5 Å². The fourth-order valence-electron chi connectivity index (χ4n) is 5.31. The van der Waals surface area contributed by atoms with E-state index in [-0.39, 0.29) is 17.9 Å². The highest BCUT2D eigenvalue weighted by atomic mass is 16.5. The molecule has 1 N–H and O–H groups in total. The molecule has 7 heteroatoms. The Morgan fingerprint density at radius 2 is 1.67 bits per heavy atom. The fraction of sp³-hybridized carbons (Fsp3) is 0.538. The maximum absolute atomic E-state index is 13.6. The average molecular weight is 456 g/mol. The summed E-state index contributed by atoms with van der Waals surface area (Å²) in [6, 6.07) is 3.63. The first-order valence-electron chi connectivity index (χ1n) is 11.7. The molecule has 1 aromatic carbocycles. The Kier molecular flexibility index (Phi) is 6.96. The first-order chi connectivity index (χ1) is 16.0. The quantitative estimate of drug-likeness (QED) is 0.630. The van der Waals surface area contributed by atoms with Crippen LogP contribution in [-0.4, -0.2) is 39.2 Å². The standard InChI is InChI=1S/C26H33NO6/c1-15-21(26(29)33-16-9-6-5-7-10-16)22(23-18(27-15)11-8-12-19(23)28)17-13-14-20(30-2)25(32-4)24(17)31-3/h13-14,16,22,27H,5-12H2,1-4H3/t22-/m1/s1. The molecule has 1 heterocycles. The summed E-state index contributed by atoms with van der Waals surface area (Å²) in [5, 5.41) is 3.35. The third kappa shape index (κ3) is 4.33. The molecule has 0 radical (unpaired) electrons. The van der Waals surface area contributed by atoms with Crippen LogP contribution in [0.5, 0.6) is 17.2 Å². The number of esters is 1. The van der Waals surface area contributed by atoms with Crippen LogP contribution < -0.4 is 19.5 Å². The van der Waals surface area contributed by atoms with Crippen molar-refractivity contribution in [1.29, 1.82) is 0 Å². The molecule has 1 fully saturated rings. The summed E-state index contributed by atoms with van der Waals surface area (Å²) in [5.74, 6) is 0.465. The van der Waals surface area contributed by atoms with E-state index in [0.717, 1.165) is 44.2 Å². The number of hydrogen-bond donors (Lipinski definition) is 1. The van der Waals surface area contributed by atoms with Gasteiger partial charge < -0.3 is 24.3 Å². The van der Waals surface area contributed by atoms with Crippen molar-refractivity contribution in [2.75, 3.05) is 21.3 Å². The van der Waals surface area contributed by atoms with E-state index in [0.29, 0.717) is 46.1 Å². The number of Topliss-reactive ketones (excluding diaryl/α,β-unsaturated/α-hetero) is 1. The van der Waals surface area contributed by atoms with Gasteiger partial charge in [-0.25, -0.2) is 4.79 Å². The number of rotatable bonds is 6. The summed E-state index contributed by atoms with van der Waals surface area (Å²) in [6.07, 6.45) is 6.97. The maximum atomic E-state index is 13.6. The van der Waals surface area contributed by atoms with Gasteiger partial charge in [0.1, 0.15) is 6.10 Å². The van der Waals surface area contributed by atoms with Crippen molar-refractivity contribution < 1.29 is 28.5 Å². The van der Waals surface area contributed by atoms with Gasteiger partial charge in [-0.15, -0.1) is 0 Å². The zero-order chi connectivity index (χ0) is 23.5. The monoisotopic (exact) mass is 455 g/mol. The van der Waals surface area contributed by atoms with Gasteiger partial charge in [0.2, 0.25) is 5.75 Å². The van der Waals surface area contributed by atoms with Gasteiger partial charge in [-0.1, -0.05) is 12.5 Å². The summed E-state index contributed by atoms with van der Waals surface area (Å²) in [5.41, 5.74) is 3.35. The third-order valence-electron chi connectivity index (χ3n) is 6.87. The van der Waals surface area contributed by atoms with Crippen molar-refractivity contribution in [2.24, 2.45) is 0 Å². The van der Waals surface area contributed by atoms with Gasteiger partial charge >= 0.3 is 5.97 Å². The van der Waals surface area contributed by atoms with Gasteiger partial charge in [0, 0.05) is 29.0 Å². The number of methoxy groups -OCH3 is 3. The highest BCUT2D eigenvalue weighted by Gasteiger charge is 2.41. The molecule has 3 aliphatic rings. The third-order valence-corrected chi connectivity index (χ3v) is 6.87. The van der Waals surface area contributed by atoms with Crippen LogP contribution >= 0.6 is 0 Å². The van der Waals surface area contributed by atoms with Crippen LogP contribution in [0.3, 0.4) is 0 Å². The van der Waals surface area contributed by atoms with Crippen molar-refractivity contribution in [3.63, 3.8) is 0 Å². The lowest BCUT2D eigenvalue weighted by Gasteiger charge is -2.35. The number of ether oxygens (including phenoxy) is 4. The minimum absolute atomic E-state index is 0.0426. The molecule has 0 spiro atoms. The molecule has 4 rings (SSSR count). The maximum Gasteiger partial charge on any atom is 0.337 e. The van der Waals surface area contributed by atoms with Gasteiger partial charge in [-0.2, -0.15) is 0 Å². The zero-order valence-corrected chi connectivity index (χ0v) is 19.9. The summed E-state index contributed by atoms with van der Waals surface area (Å²) in [7, 11) is 4.66. The largest absolute Gasteiger partial charge is 0.493 e. The first kappa shape index (κ1) is 23.2. The number of allylic oxidation sites excluding steroid dienone is 3. The van der Waals surface area contributed by atoms with Gasteiger partial charge in [0.15, 0.2) is 17.3 Å². The highest BCUT2D eigenvalue weighted by Crippen LogP contribution is 2.50. The number of benzene rings is 1. The molecule has 0 unspecified atom stereocenters. The van der Waals surface area contributed by atoms with Crippen LogP contribution in [0.1, 0.15) is 69.8 Å². The van der Waals surface area contributed by atoms with E-state index in [1.807, 2.05) is 13.0 Å². The van der Waals surface area contributed by atoms with Crippen LogP contribution in [0, 0.1) is 0 Å². The van der Waals surface area contributed by atoms with E-state index in [1.54, 1.807) is 27.4 Å². The Balaban J connectivity index is 1.84. The molecule has 1 aliphatic heterocycles. The molecular weight excluding hydrogens is 422 g/mol. The van der Waals surface area contributed by atoms with E-state index in [9.17, 15) is 9.59 Å². The van der Waals surface area contributed by atoms with Crippen LogP contribution in [0.25, 0.3) is 0 Å². The molecular formula is C26H33NO6. The second-order valence-corrected chi connectivity index (χ2v) is 8.85. The van der Waals surface area contributed by atoms with E-state index in [2.05, 4.69) is 5.32 Å². The lowest BCUT2D eigenvalue weighted by Crippen LogP contribution is -2.35. The Labute approximate surface area is 195 Å². The molecule has 33 heavy (non-hydrogen) atoms. The van der Waals surface area contributed by atoms with Crippen LogP contribution in [0.15, 0.2) is 34.7 Å². The second kappa shape index (κ2) is 9.89. The molecule has 0 amide bonds. The summed E-state index contributed by atoms with van der Waals surface area (Å²) in [4.78, 5) is 26.8. The minimum Gasteiger partial charge on any atom is -0.493 e. The van der Waals surface area contributed by atoms with Crippen molar-refractivity contribution in [3.8, 4) is 17.2 Å². The van der Waals surface area contributed by atoms with Gasteiger partial charge in [0.05, 0.1) is 32.8 Å².